The number of urea groups is 1. The van der Waals surface area contributed by atoms with Gasteiger partial charge in [-0.3, -0.25) is 24.1 Å². The van der Waals surface area contributed by atoms with E-state index in [-0.39, 0.29) is 37.6 Å². The molecule has 0 saturated carbocycles. The van der Waals surface area contributed by atoms with Gasteiger partial charge in [0.25, 0.3) is 5.91 Å². The smallest absolute Gasteiger partial charge is 0.324 e. The molecule has 27 heavy (non-hydrogen) atoms. The van der Waals surface area contributed by atoms with Gasteiger partial charge in [-0.15, -0.1) is 0 Å². The van der Waals surface area contributed by atoms with Crippen LogP contribution in [0.5, 0.6) is 0 Å². The number of hydrogen-bond acceptors (Lipinski definition) is 6. The van der Waals surface area contributed by atoms with Gasteiger partial charge in [0, 0.05) is 18.5 Å². The Labute approximate surface area is 156 Å². The van der Waals surface area contributed by atoms with Crippen molar-refractivity contribution in [3.05, 3.63) is 29.8 Å². The minimum Gasteiger partial charge on any atom is -0.453 e. The van der Waals surface area contributed by atoms with E-state index in [4.69, 9.17) is 4.74 Å². The molecular weight excluding hydrogens is 354 g/mol. The number of hydrogen-bond donors (Lipinski definition) is 2. The molecule has 1 atom stereocenters. The molecular formula is C18H21N3O6. The van der Waals surface area contributed by atoms with Crippen LogP contribution in [0.25, 0.3) is 0 Å². The Kier molecular flexibility index (Phi) is 6.64. The average molecular weight is 375 g/mol. The molecule has 9 nitrogen and oxygen atoms in total. The van der Waals surface area contributed by atoms with Crippen LogP contribution in [0.1, 0.15) is 37.0 Å². The summed E-state index contributed by atoms with van der Waals surface area (Å²) in [5, 5.41) is 4.95. The molecule has 0 unspecified atom stereocenters. The number of rotatable bonds is 8. The van der Waals surface area contributed by atoms with E-state index >= 15 is 0 Å². The number of Topliss-reactive ketones (excluding diaryl/α,β-unsaturated/α-hetero) is 1. The molecule has 0 radical (unpaired) electrons. The van der Waals surface area contributed by atoms with Gasteiger partial charge in [-0.25, -0.2) is 4.79 Å². The molecule has 9 heteroatoms. The number of para-hydroxylation sites is 1. The summed E-state index contributed by atoms with van der Waals surface area (Å²) in [4.78, 5) is 59.5. The lowest BCUT2D eigenvalue weighted by molar-refractivity contribution is -0.153. The van der Waals surface area contributed by atoms with Crippen LogP contribution in [0.4, 0.5) is 10.5 Å². The van der Waals surface area contributed by atoms with Gasteiger partial charge < -0.3 is 15.4 Å². The molecule has 1 saturated heterocycles. The minimum atomic E-state index is -1.06. The quantitative estimate of drug-likeness (QED) is 0.398. The van der Waals surface area contributed by atoms with Crippen molar-refractivity contribution in [2.75, 3.05) is 18.4 Å². The molecule has 1 fully saturated rings. The number of ether oxygens (including phenoxy) is 1. The Morgan fingerprint density at radius 3 is 2.59 bits per heavy atom. The standard InChI is InChI=1S/C18H21N3O6/c1-11(22)13-6-3-4-7-14(13)20-17(25)12(2)27-16(24)8-5-9-21-15(23)10-19-18(21)26/h3-4,6-7,12H,5,8-10H2,1-2H3,(H,19,26)(H,20,25)/t12-/m0/s1. The number of amides is 4. The Bertz CT molecular complexity index is 760. The summed E-state index contributed by atoms with van der Waals surface area (Å²) in [7, 11) is 0. The van der Waals surface area contributed by atoms with Crippen LogP contribution in [0.2, 0.25) is 0 Å². The zero-order valence-electron chi connectivity index (χ0n) is 15.1. The maximum atomic E-state index is 12.2. The van der Waals surface area contributed by atoms with E-state index in [1.54, 1.807) is 24.3 Å². The number of carbonyl (C=O) groups is 5. The summed E-state index contributed by atoms with van der Waals surface area (Å²) in [6.07, 6.45) is -0.868. The van der Waals surface area contributed by atoms with Gasteiger partial charge in [-0.2, -0.15) is 0 Å². The highest BCUT2D eigenvalue weighted by molar-refractivity contribution is 6.04. The van der Waals surface area contributed by atoms with Gasteiger partial charge in [0.05, 0.1) is 12.2 Å². The first-order valence-corrected chi connectivity index (χ1v) is 8.48. The Morgan fingerprint density at radius 1 is 1.26 bits per heavy atom. The Balaban J connectivity index is 1.80. The monoisotopic (exact) mass is 375 g/mol. The van der Waals surface area contributed by atoms with Gasteiger partial charge in [0.1, 0.15) is 0 Å². The number of carbonyl (C=O) groups excluding carboxylic acids is 5. The number of nitrogens with one attached hydrogen (secondary N) is 2. The van der Waals surface area contributed by atoms with Crippen molar-refractivity contribution < 1.29 is 28.7 Å². The molecule has 1 aliphatic rings. The SMILES string of the molecule is CC(=O)c1ccccc1NC(=O)[C@H](C)OC(=O)CCCN1C(=O)CNC1=O. The number of ketones is 1. The van der Waals surface area contributed by atoms with Crippen LogP contribution in [-0.2, 0) is 19.1 Å². The summed E-state index contributed by atoms with van der Waals surface area (Å²) in [5.41, 5.74) is 0.703. The molecule has 4 amide bonds. The Hall–Kier alpha value is -3.23. The van der Waals surface area contributed by atoms with Crippen molar-refractivity contribution in [1.29, 1.82) is 0 Å². The van der Waals surface area contributed by atoms with Crippen molar-refractivity contribution in [3.8, 4) is 0 Å². The largest absolute Gasteiger partial charge is 0.453 e. The lowest BCUT2D eigenvalue weighted by Crippen LogP contribution is -2.33. The van der Waals surface area contributed by atoms with Crippen molar-refractivity contribution in [2.24, 2.45) is 0 Å². The lowest BCUT2D eigenvalue weighted by Gasteiger charge is -2.15. The van der Waals surface area contributed by atoms with E-state index in [9.17, 15) is 24.0 Å². The predicted octanol–water partition coefficient (Wildman–Crippen LogP) is 1.09. The van der Waals surface area contributed by atoms with E-state index in [1.807, 2.05) is 0 Å². The maximum Gasteiger partial charge on any atom is 0.324 e. The van der Waals surface area contributed by atoms with E-state index in [2.05, 4.69) is 10.6 Å². The maximum absolute atomic E-state index is 12.2. The topological polar surface area (TPSA) is 122 Å². The van der Waals surface area contributed by atoms with Gasteiger partial charge in [-0.1, -0.05) is 12.1 Å². The van der Waals surface area contributed by atoms with Crippen LogP contribution < -0.4 is 10.6 Å². The van der Waals surface area contributed by atoms with E-state index < -0.39 is 24.0 Å². The molecule has 0 bridgehead atoms. The van der Waals surface area contributed by atoms with Crippen LogP contribution >= 0.6 is 0 Å². The molecule has 0 aromatic heterocycles. The second-order valence-electron chi connectivity index (χ2n) is 6.03. The van der Waals surface area contributed by atoms with Crippen LogP contribution in [-0.4, -0.2) is 53.7 Å². The fourth-order valence-corrected chi connectivity index (χ4v) is 2.51. The summed E-state index contributed by atoms with van der Waals surface area (Å²) in [5.74, 6) is -1.72. The third-order valence-electron chi connectivity index (χ3n) is 3.94. The number of nitrogens with zero attached hydrogens (tertiary/aromatic N) is 1. The summed E-state index contributed by atoms with van der Waals surface area (Å²) in [6, 6.07) is 6.05. The van der Waals surface area contributed by atoms with Crippen molar-refractivity contribution in [2.45, 2.75) is 32.8 Å². The third-order valence-corrected chi connectivity index (χ3v) is 3.94. The molecule has 1 aromatic carbocycles. The average Bonchev–Trinajstić information content (AvgIpc) is 2.93. The van der Waals surface area contributed by atoms with Crippen molar-refractivity contribution in [1.82, 2.24) is 10.2 Å². The van der Waals surface area contributed by atoms with Gasteiger partial charge in [0.2, 0.25) is 5.91 Å². The number of benzene rings is 1. The molecule has 1 aromatic rings. The number of anilines is 1. The minimum absolute atomic E-state index is 0.0395. The van der Waals surface area contributed by atoms with E-state index in [0.717, 1.165) is 4.90 Å². The molecule has 1 aliphatic heterocycles. The number of imide groups is 1. The van der Waals surface area contributed by atoms with Crippen LogP contribution in [0.15, 0.2) is 24.3 Å². The highest BCUT2D eigenvalue weighted by Crippen LogP contribution is 2.16. The highest BCUT2D eigenvalue weighted by Gasteiger charge is 2.28. The second-order valence-corrected chi connectivity index (χ2v) is 6.03. The zero-order valence-corrected chi connectivity index (χ0v) is 15.1. The fraction of sp³-hybridized carbons (Fsp3) is 0.389. The normalized spacial score (nSPS) is 14.5. The molecule has 2 N–H and O–H groups in total. The van der Waals surface area contributed by atoms with E-state index in [1.165, 1.54) is 13.8 Å². The lowest BCUT2D eigenvalue weighted by atomic mass is 10.1. The van der Waals surface area contributed by atoms with E-state index in [0.29, 0.717) is 11.3 Å². The molecule has 144 valence electrons. The number of esters is 1. The van der Waals surface area contributed by atoms with Crippen molar-refractivity contribution in [3.63, 3.8) is 0 Å². The first-order chi connectivity index (χ1) is 12.8. The fourth-order valence-electron chi connectivity index (χ4n) is 2.51. The molecule has 0 spiro atoms. The molecule has 1 heterocycles. The third kappa shape index (κ3) is 5.37. The first kappa shape index (κ1) is 20.1. The van der Waals surface area contributed by atoms with Crippen LogP contribution in [0.3, 0.4) is 0 Å². The van der Waals surface area contributed by atoms with Crippen molar-refractivity contribution >= 4 is 35.3 Å². The summed E-state index contributed by atoms with van der Waals surface area (Å²) < 4.78 is 5.06. The van der Waals surface area contributed by atoms with Gasteiger partial charge in [0.15, 0.2) is 11.9 Å². The van der Waals surface area contributed by atoms with Gasteiger partial charge >= 0.3 is 12.0 Å². The zero-order chi connectivity index (χ0) is 20.0. The Morgan fingerprint density at radius 2 is 1.96 bits per heavy atom. The summed E-state index contributed by atoms with van der Waals surface area (Å²) >= 11 is 0. The highest BCUT2D eigenvalue weighted by atomic mass is 16.5. The second kappa shape index (κ2) is 8.93. The van der Waals surface area contributed by atoms with Crippen LogP contribution in [0, 0.1) is 0 Å². The predicted molar refractivity (Wildman–Crippen MR) is 95.0 cm³/mol. The molecule has 2 rings (SSSR count). The first-order valence-electron chi connectivity index (χ1n) is 8.48. The van der Waals surface area contributed by atoms with Gasteiger partial charge in [-0.05, 0) is 32.4 Å². The molecule has 0 aliphatic carbocycles. The summed E-state index contributed by atoms with van der Waals surface area (Å²) in [6.45, 7) is 2.87.